The summed E-state index contributed by atoms with van der Waals surface area (Å²) in [6.07, 6.45) is 0. The van der Waals surface area contributed by atoms with E-state index in [0.717, 1.165) is 21.1 Å². The quantitative estimate of drug-likeness (QED) is 0.669. The fourth-order valence-electron chi connectivity index (χ4n) is 1.29. The first-order valence-electron chi connectivity index (χ1n) is 4.12. The molecule has 0 bridgehead atoms. The molecule has 0 amide bonds. The molecule has 0 aliphatic rings. The Bertz CT molecular complexity index is 403. The second-order valence-corrected chi connectivity index (χ2v) is 4.16. The van der Waals surface area contributed by atoms with E-state index in [2.05, 4.69) is 24.0 Å². The zero-order valence-corrected chi connectivity index (χ0v) is 8.27. The minimum atomic E-state index is 1.02. The average Bonchev–Trinajstić information content (AvgIpc) is 2.47. The Hall–Kier alpha value is -1.15. The first-order chi connectivity index (χ1) is 6.27. The van der Waals surface area contributed by atoms with Gasteiger partial charge in [0.1, 0.15) is 0 Å². The SMILES string of the molecule is [CH2]c1sc(C)nc1-c1ccccc1. The molecule has 0 spiro atoms. The third-order valence-corrected chi connectivity index (χ3v) is 2.68. The molecule has 0 atom stereocenters. The summed E-state index contributed by atoms with van der Waals surface area (Å²) >= 11 is 1.64. The van der Waals surface area contributed by atoms with Crippen molar-refractivity contribution >= 4 is 11.3 Å². The minimum Gasteiger partial charge on any atom is -0.241 e. The van der Waals surface area contributed by atoms with Crippen LogP contribution in [0.2, 0.25) is 0 Å². The molecule has 2 aromatic rings. The Labute approximate surface area is 82.1 Å². The van der Waals surface area contributed by atoms with Crippen LogP contribution in [0, 0.1) is 13.8 Å². The fraction of sp³-hybridized carbons (Fsp3) is 0.0909. The van der Waals surface area contributed by atoms with Crippen molar-refractivity contribution < 1.29 is 0 Å². The van der Waals surface area contributed by atoms with Gasteiger partial charge in [-0.3, -0.25) is 0 Å². The van der Waals surface area contributed by atoms with Gasteiger partial charge in [-0.1, -0.05) is 30.3 Å². The maximum absolute atomic E-state index is 4.44. The molecule has 2 heteroatoms. The Morgan fingerprint density at radius 2 is 1.92 bits per heavy atom. The van der Waals surface area contributed by atoms with E-state index >= 15 is 0 Å². The number of nitrogens with zero attached hydrogens (tertiary/aromatic N) is 1. The highest BCUT2D eigenvalue weighted by atomic mass is 32.1. The lowest BCUT2D eigenvalue weighted by atomic mass is 10.1. The van der Waals surface area contributed by atoms with Crippen molar-refractivity contribution in [2.45, 2.75) is 6.92 Å². The van der Waals surface area contributed by atoms with Crippen molar-refractivity contribution in [3.8, 4) is 11.3 Å². The molecule has 0 fully saturated rings. The van der Waals surface area contributed by atoms with Gasteiger partial charge in [-0.25, -0.2) is 4.98 Å². The second-order valence-electron chi connectivity index (χ2n) is 2.87. The topological polar surface area (TPSA) is 12.9 Å². The van der Waals surface area contributed by atoms with E-state index in [1.54, 1.807) is 11.3 Å². The van der Waals surface area contributed by atoms with Gasteiger partial charge in [-0.15, -0.1) is 11.3 Å². The van der Waals surface area contributed by atoms with E-state index in [1.807, 2.05) is 25.1 Å². The number of hydrogen-bond acceptors (Lipinski definition) is 2. The second kappa shape index (κ2) is 3.30. The normalized spacial score (nSPS) is 10.3. The molecule has 0 N–H and O–H groups in total. The molecule has 0 aliphatic heterocycles. The minimum absolute atomic E-state index is 1.02. The maximum atomic E-state index is 4.44. The molecular formula is C11H10NS. The number of hydrogen-bond donors (Lipinski definition) is 0. The van der Waals surface area contributed by atoms with Crippen molar-refractivity contribution in [2.24, 2.45) is 0 Å². The predicted octanol–water partition coefficient (Wildman–Crippen LogP) is 3.30. The van der Waals surface area contributed by atoms with E-state index in [1.165, 1.54) is 0 Å². The van der Waals surface area contributed by atoms with Gasteiger partial charge in [0, 0.05) is 10.4 Å². The van der Waals surface area contributed by atoms with E-state index < -0.39 is 0 Å². The van der Waals surface area contributed by atoms with Gasteiger partial charge < -0.3 is 0 Å². The molecule has 1 aromatic carbocycles. The summed E-state index contributed by atoms with van der Waals surface area (Å²) in [5.74, 6) is 0. The molecule has 65 valence electrons. The van der Waals surface area contributed by atoms with Crippen LogP contribution in [0.1, 0.15) is 9.88 Å². The molecule has 1 heterocycles. The summed E-state index contributed by atoms with van der Waals surface area (Å²) in [5.41, 5.74) is 2.17. The van der Waals surface area contributed by atoms with Gasteiger partial charge in [0.25, 0.3) is 0 Å². The van der Waals surface area contributed by atoms with Crippen LogP contribution in [0.3, 0.4) is 0 Å². The molecule has 0 unspecified atom stereocenters. The van der Waals surface area contributed by atoms with Gasteiger partial charge in [0.05, 0.1) is 10.7 Å². The van der Waals surface area contributed by atoms with Gasteiger partial charge in [0.2, 0.25) is 0 Å². The molecule has 0 saturated carbocycles. The van der Waals surface area contributed by atoms with Crippen LogP contribution in [-0.2, 0) is 0 Å². The summed E-state index contributed by atoms with van der Waals surface area (Å²) in [4.78, 5) is 5.48. The van der Waals surface area contributed by atoms with Crippen LogP contribution >= 0.6 is 11.3 Å². The number of thiazole rings is 1. The van der Waals surface area contributed by atoms with Crippen molar-refractivity contribution in [3.05, 3.63) is 47.1 Å². The van der Waals surface area contributed by atoms with E-state index in [-0.39, 0.29) is 0 Å². The first kappa shape index (κ1) is 8.45. The number of rotatable bonds is 1. The average molecular weight is 188 g/mol. The Morgan fingerprint density at radius 1 is 1.23 bits per heavy atom. The lowest BCUT2D eigenvalue weighted by Crippen LogP contribution is -1.79. The fourth-order valence-corrected chi connectivity index (χ4v) is 2.04. The first-order valence-corrected chi connectivity index (χ1v) is 4.94. The van der Waals surface area contributed by atoms with Crippen LogP contribution < -0.4 is 0 Å². The monoisotopic (exact) mass is 188 g/mol. The van der Waals surface area contributed by atoms with Gasteiger partial charge in [-0.05, 0) is 13.8 Å². The number of benzene rings is 1. The molecule has 0 aliphatic carbocycles. The van der Waals surface area contributed by atoms with E-state index in [9.17, 15) is 0 Å². The summed E-state index contributed by atoms with van der Waals surface area (Å²) in [7, 11) is 0. The summed E-state index contributed by atoms with van der Waals surface area (Å²) in [6, 6.07) is 10.2. The molecular weight excluding hydrogens is 178 g/mol. The maximum Gasteiger partial charge on any atom is 0.0904 e. The van der Waals surface area contributed by atoms with E-state index in [0.29, 0.717) is 0 Å². The standard InChI is InChI=1S/C11H10NS/c1-8-11(12-9(2)13-8)10-6-4-3-5-7-10/h3-7H,1H2,2H3. The van der Waals surface area contributed by atoms with Crippen molar-refractivity contribution in [2.75, 3.05) is 0 Å². The summed E-state index contributed by atoms with van der Waals surface area (Å²) < 4.78 is 0. The zero-order chi connectivity index (χ0) is 9.26. The third-order valence-electron chi connectivity index (χ3n) is 1.85. The van der Waals surface area contributed by atoms with Crippen molar-refractivity contribution in [1.82, 2.24) is 4.98 Å². The molecule has 1 radical (unpaired) electrons. The Kier molecular flexibility index (Phi) is 2.15. The molecule has 1 aromatic heterocycles. The number of aromatic nitrogens is 1. The lowest BCUT2D eigenvalue weighted by molar-refractivity contribution is 1.29. The van der Waals surface area contributed by atoms with Gasteiger partial charge in [0.15, 0.2) is 0 Å². The Balaban J connectivity index is 2.53. The van der Waals surface area contributed by atoms with Gasteiger partial charge in [-0.2, -0.15) is 0 Å². The predicted molar refractivity (Wildman–Crippen MR) is 56.7 cm³/mol. The Morgan fingerprint density at radius 3 is 2.46 bits per heavy atom. The highest BCUT2D eigenvalue weighted by Gasteiger charge is 2.05. The molecule has 0 saturated heterocycles. The summed E-state index contributed by atoms with van der Waals surface area (Å²) in [6.45, 7) is 5.98. The number of aryl methyl sites for hydroxylation is 1. The van der Waals surface area contributed by atoms with Crippen LogP contribution in [0.15, 0.2) is 30.3 Å². The largest absolute Gasteiger partial charge is 0.241 e. The van der Waals surface area contributed by atoms with Crippen LogP contribution in [0.25, 0.3) is 11.3 Å². The van der Waals surface area contributed by atoms with Gasteiger partial charge >= 0.3 is 0 Å². The molecule has 2 rings (SSSR count). The summed E-state index contributed by atoms with van der Waals surface area (Å²) in [5, 5.41) is 1.07. The smallest absolute Gasteiger partial charge is 0.0904 e. The molecule has 13 heavy (non-hydrogen) atoms. The zero-order valence-electron chi connectivity index (χ0n) is 7.45. The van der Waals surface area contributed by atoms with Crippen molar-refractivity contribution in [3.63, 3.8) is 0 Å². The van der Waals surface area contributed by atoms with Crippen LogP contribution in [-0.4, -0.2) is 4.98 Å². The highest BCUT2D eigenvalue weighted by molar-refractivity contribution is 7.12. The van der Waals surface area contributed by atoms with Crippen molar-refractivity contribution in [1.29, 1.82) is 0 Å². The van der Waals surface area contributed by atoms with E-state index in [4.69, 9.17) is 0 Å². The van der Waals surface area contributed by atoms with Crippen LogP contribution in [0.5, 0.6) is 0 Å². The molecule has 1 nitrogen and oxygen atoms in total. The highest BCUT2D eigenvalue weighted by Crippen LogP contribution is 2.26. The van der Waals surface area contributed by atoms with Crippen LogP contribution in [0.4, 0.5) is 0 Å². The lowest BCUT2D eigenvalue weighted by Gasteiger charge is -1.96. The third kappa shape index (κ3) is 1.63.